The number of carbonyl (C=O) groups is 1. The zero-order valence-electron chi connectivity index (χ0n) is 8.77. The average molecular weight is 208 g/mol. The number of nitrogens with one attached hydrogen (secondary N) is 1. The molecule has 15 heavy (non-hydrogen) atoms. The molecule has 0 radical (unpaired) electrons. The summed E-state index contributed by atoms with van der Waals surface area (Å²) in [6.07, 6.45) is 0.975. The van der Waals surface area contributed by atoms with Crippen molar-refractivity contribution in [2.24, 2.45) is 5.73 Å². The molecule has 0 aliphatic heterocycles. The van der Waals surface area contributed by atoms with Crippen molar-refractivity contribution in [1.29, 1.82) is 0 Å². The van der Waals surface area contributed by atoms with Crippen LogP contribution in [0.2, 0.25) is 0 Å². The third kappa shape index (κ3) is 4.10. The lowest BCUT2D eigenvalue weighted by molar-refractivity contribution is -0.131. The van der Waals surface area contributed by atoms with E-state index in [4.69, 9.17) is 5.73 Å². The molecule has 3 N–H and O–H groups in total. The molecule has 0 saturated heterocycles. The van der Waals surface area contributed by atoms with Crippen LogP contribution in [0, 0.1) is 0 Å². The summed E-state index contributed by atoms with van der Waals surface area (Å²) < 4.78 is 0. The van der Waals surface area contributed by atoms with Gasteiger partial charge in [-0.15, -0.1) is 0 Å². The quantitative estimate of drug-likeness (QED) is 0.713. The summed E-state index contributed by atoms with van der Waals surface area (Å²) in [5.74, 6) is -0.149. The smallest absolute Gasteiger partial charge is 0.243 e. The fourth-order valence-electron chi connectivity index (χ4n) is 1.32. The molecule has 0 saturated carbocycles. The van der Waals surface area contributed by atoms with Crippen molar-refractivity contribution >= 4 is 5.91 Å². The van der Waals surface area contributed by atoms with Crippen LogP contribution in [0.5, 0.6) is 0 Å². The highest BCUT2D eigenvalue weighted by Crippen LogP contribution is 2.14. The molecule has 4 heteroatoms. The number of amides is 1. The predicted octanol–water partition coefficient (Wildman–Crippen LogP) is 1.14. The minimum Gasteiger partial charge on any atom is -0.324 e. The van der Waals surface area contributed by atoms with E-state index in [1.165, 1.54) is 7.11 Å². The van der Waals surface area contributed by atoms with Crippen LogP contribution in [0.25, 0.3) is 0 Å². The number of hydroxylamine groups is 1. The first-order chi connectivity index (χ1) is 7.24. The van der Waals surface area contributed by atoms with E-state index in [0.717, 1.165) is 5.56 Å². The van der Waals surface area contributed by atoms with E-state index in [9.17, 15) is 4.79 Å². The van der Waals surface area contributed by atoms with Gasteiger partial charge in [-0.2, -0.15) is 0 Å². The Morgan fingerprint density at radius 3 is 2.73 bits per heavy atom. The summed E-state index contributed by atoms with van der Waals surface area (Å²) in [6.45, 7) is 0. The summed E-state index contributed by atoms with van der Waals surface area (Å²) in [4.78, 5) is 15.6. The fraction of sp³-hybridized carbons (Fsp3) is 0.364. The molecule has 0 fully saturated rings. The Kier molecular flexibility index (Phi) is 4.80. The van der Waals surface area contributed by atoms with Crippen LogP contribution in [0.15, 0.2) is 30.3 Å². The van der Waals surface area contributed by atoms with Crippen molar-refractivity contribution in [2.45, 2.75) is 18.9 Å². The third-order valence-electron chi connectivity index (χ3n) is 2.13. The van der Waals surface area contributed by atoms with E-state index >= 15 is 0 Å². The van der Waals surface area contributed by atoms with Crippen LogP contribution in [-0.2, 0) is 9.63 Å². The van der Waals surface area contributed by atoms with Gasteiger partial charge in [0.15, 0.2) is 0 Å². The molecule has 0 aromatic heterocycles. The zero-order chi connectivity index (χ0) is 11.1. The normalized spacial score (nSPS) is 12.1. The van der Waals surface area contributed by atoms with E-state index in [1.807, 2.05) is 30.3 Å². The van der Waals surface area contributed by atoms with Crippen molar-refractivity contribution in [2.75, 3.05) is 7.11 Å². The minimum absolute atomic E-state index is 0.103. The molecule has 4 nitrogen and oxygen atoms in total. The molecule has 1 aromatic rings. The molecule has 1 amide bonds. The molecule has 0 spiro atoms. The molecule has 0 heterocycles. The molecule has 1 unspecified atom stereocenters. The topological polar surface area (TPSA) is 64.3 Å². The van der Waals surface area contributed by atoms with Gasteiger partial charge >= 0.3 is 0 Å². The highest BCUT2D eigenvalue weighted by molar-refractivity contribution is 5.74. The Morgan fingerprint density at radius 2 is 2.13 bits per heavy atom. The summed E-state index contributed by atoms with van der Waals surface area (Å²) >= 11 is 0. The minimum atomic E-state index is -0.149. The average Bonchev–Trinajstić information content (AvgIpc) is 2.27. The number of hydrogen-bond acceptors (Lipinski definition) is 3. The summed E-state index contributed by atoms with van der Waals surface area (Å²) in [5.41, 5.74) is 9.22. The van der Waals surface area contributed by atoms with Crippen LogP contribution in [0.4, 0.5) is 0 Å². The van der Waals surface area contributed by atoms with Crippen molar-refractivity contribution in [3.05, 3.63) is 35.9 Å². The highest BCUT2D eigenvalue weighted by atomic mass is 16.6. The SMILES string of the molecule is CONC(=O)CCC(N)c1ccccc1. The molecule has 0 bridgehead atoms. The predicted molar refractivity (Wildman–Crippen MR) is 57.8 cm³/mol. The van der Waals surface area contributed by atoms with Crippen molar-refractivity contribution in [3.63, 3.8) is 0 Å². The van der Waals surface area contributed by atoms with Gasteiger partial charge in [0.1, 0.15) is 0 Å². The molecule has 1 atom stereocenters. The van der Waals surface area contributed by atoms with Gasteiger partial charge in [0.25, 0.3) is 0 Å². The molecular formula is C11H16N2O2. The Bertz CT molecular complexity index is 301. The second-order valence-corrected chi connectivity index (χ2v) is 3.29. The molecule has 1 aromatic carbocycles. The van der Waals surface area contributed by atoms with E-state index in [2.05, 4.69) is 10.3 Å². The molecule has 0 aliphatic rings. The van der Waals surface area contributed by atoms with E-state index in [-0.39, 0.29) is 11.9 Å². The van der Waals surface area contributed by atoms with Crippen molar-refractivity contribution in [3.8, 4) is 0 Å². The number of nitrogens with two attached hydrogens (primary N) is 1. The molecular weight excluding hydrogens is 192 g/mol. The highest BCUT2D eigenvalue weighted by Gasteiger charge is 2.08. The van der Waals surface area contributed by atoms with Crippen molar-refractivity contribution in [1.82, 2.24) is 5.48 Å². The summed E-state index contributed by atoms with van der Waals surface area (Å²) in [6, 6.07) is 9.62. The lowest BCUT2D eigenvalue weighted by atomic mass is 10.0. The maximum absolute atomic E-state index is 11.1. The lowest BCUT2D eigenvalue weighted by Crippen LogP contribution is -2.23. The maximum Gasteiger partial charge on any atom is 0.243 e. The Balaban J connectivity index is 2.37. The van der Waals surface area contributed by atoms with Crippen LogP contribution in [0.1, 0.15) is 24.4 Å². The standard InChI is InChI=1S/C11H16N2O2/c1-15-13-11(14)8-7-10(12)9-5-3-2-4-6-9/h2-6,10H,7-8,12H2,1H3,(H,13,14). The van der Waals surface area contributed by atoms with Gasteiger partial charge in [0.05, 0.1) is 7.11 Å². The molecule has 82 valence electrons. The van der Waals surface area contributed by atoms with E-state index in [1.54, 1.807) is 0 Å². The van der Waals surface area contributed by atoms with Crippen molar-refractivity contribution < 1.29 is 9.63 Å². The summed E-state index contributed by atoms with van der Waals surface area (Å²) in [5, 5.41) is 0. The zero-order valence-corrected chi connectivity index (χ0v) is 8.77. The van der Waals surface area contributed by atoms with Gasteiger partial charge in [-0.3, -0.25) is 9.63 Å². The van der Waals surface area contributed by atoms with Gasteiger partial charge in [-0.25, -0.2) is 5.48 Å². The van der Waals surface area contributed by atoms with E-state index < -0.39 is 0 Å². The summed E-state index contributed by atoms with van der Waals surface area (Å²) in [7, 11) is 1.41. The Morgan fingerprint density at radius 1 is 1.47 bits per heavy atom. The van der Waals surface area contributed by atoms with Crippen LogP contribution < -0.4 is 11.2 Å². The maximum atomic E-state index is 11.1. The van der Waals surface area contributed by atoms with Gasteiger partial charge in [-0.1, -0.05) is 30.3 Å². The number of benzene rings is 1. The first kappa shape index (κ1) is 11.7. The molecule has 1 rings (SSSR count). The van der Waals surface area contributed by atoms with Gasteiger partial charge in [-0.05, 0) is 12.0 Å². The second kappa shape index (κ2) is 6.16. The van der Waals surface area contributed by atoms with Gasteiger partial charge in [0.2, 0.25) is 5.91 Å². The van der Waals surface area contributed by atoms with E-state index in [0.29, 0.717) is 12.8 Å². The molecule has 0 aliphatic carbocycles. The third-order valence-corrected chi connectivity index (χ3v) is 2.13. The van der Waals surface area contributed by atoms with Gasteiger partial charge < -0.3 is 5.73 Å². The number of hydrogen-bond donors (Lipinski definition) is 2. The van der Waals surface area contributed by atoms with Crippen LogP contribution in [-0.4, -0.2) is 13.0 Å². The Labute approximate surface area is 89.4 Å². The second-order valence-electron chi connectivity index (χ2n) is 3.29. The fourth-order valence-corrected chi connectivity index (χ4v) is 1.32. The lowest BCUT2D eigenvalue weighted by Gasteiger charge is -2.11. The van der Waals surface area contributed by atoms with Crippen LogP contribution >= 0.6 is 0 Å². The first-order valence-electron chi connectivity index (χ1n) is 4.86. The number of rotatable bonds is 5. The first-order valence-corrected chi connectivity index (χ1v) is 4.86. The van der Waals surface area contributed by atoms with Crippen LogP contribution in [0.3, 0.4) is 0 Å². The van der Waals surface area contributed by atoms with Gasteiger partial charge in [0, 0.05) is 12.5 Å². The largest absolute Gasteiger partial charge is 0.324 e. The Hall–Kier alpha value is -1.39. The number of carbonyl (C=O) groups excluding carboxylic acids is 1. The monoisotopic (exact) mass is 208 g/mol.